The molecule has 4 aromatic rings. The number of hydrogen-bond donors (Lipinski definition) is 2. The van der Waals surface area contributed by atoms with Crippen molar-refractivity contribution in [2.75, 3.05) is 0 Å². The number of hydrogen-bond acceptors (Lipinski definition) is 6. The van der Waals surface area contributed by atoms with Crippen LogP contribution in [0, 0.1) is 0 Å². The molecule has 4 rings (SSSR count). The van der Waals surface area contributed by atoms with Crippen LogP contribution < -0.4 is 11.2 Å². The number of nitrogens with two attached hydrogens (primary N) is 1. The number of aromatic nitrogens is 5. The highest BCUT2D eigenvalue weighted by Gasteiger charge is 2.30. The molecule has 0 radical (unpaired) electrons. The van der Waals surface area contributed by atoms with Crippen LogP contribution in [0.3, 0.4) is 0 Å². The van der Waals surface area contributed by atoms with Gasteiger partial charge in [-0.15, -0.1) is 10.2 Å². The van der Waals surface area contributed by atoms with Gasteiger partial charge in [0.2, 0.25) is 0 Å². The zero-order valence-corrected chi connectivity index (χ0v) is 16.3. The SMILES string of the molecule is C/C(=N/NC(N)=O)c1ccc2nnc(C(C)(C)c3ccc4ncccc4c3)n2n1. The van der Waals surface area contributed by atoms with E-state index in [9.17, 15) is 4.79 Å². The summed E-state index contributed by atoms with van der Waals surface area (Å²) in [6, 6.07) is 12.9. The number of urea groups is 1. The fourth-order valence-electron chi connectivity index (χ4n) is 3.16. The zero-order valence-electron chi connectivity index (χ0n) is 16.3. The molecule has 0 unspecified atom stereocenters. The smallest absolute Gasteiger partial charge is 0.332 e. The Bertz CT molecular complexity index is 1260. The highest BCUT2D eigenvalue weighted by Crippen LogP contribution is 2.31. The minimum absolute atomic E-state index is 0.467. The van der Waals surface area contributed by atoms with E-state index in [4.69, 9.17) is 5.73 Å². The predicted octanol–water partition coefficient (Wildman–Crippen LogP) is 2.39. The molecule has 0 spiro atoms. The molecule has 0 bridgehead atoms. The van der Waals surface area contributed by atoms with E-state index < -0.39 is 11.4 Å². The first-order valence-corrected chi connectivity index (χ1v) is 9.04. The van der Waals surface area contributed by atoms with Gasteiger partial charge < -0.3 is 5.73 Å². The summed E-state index contributed by atoms with van der Waals surface area (Å²) in [5, 5.41) is 18.3. The van der Waals surface area contributed by atoms with Gasteiger partial charge in [0, 0.05) is 11.6 Å². The minimum atomic E-state index is -0.734. The van der Waals surface area contributed by atoms with Crippen LogP contribution in [0.5, 0.6) is 0 Å². The fraction of sp³-hybridized carbons (Fsp3) is 0.200. The molecule has 9 heteroatoms. The van der Waals surface area contributed by atoms with Crippen molar-refractivity contribution in [3.05, 3.63) is 65.7 Å². The van der Waals surface area contributed by atoms with Crippen LogP contribution in [0.4, 0.5) is 4.79 Å². The third kappa shape index (κ3) is 3.38. The summed E-state index contributed by atoms with van der Waals surface area (Å²) in [5.74, 6) is 0.688. The van der Waals surface area contributed by atoms with E-state index in [1.807, 2.05) is 30.3 Å². The van der Waals surface area contributed by atoms with E-state index in [-0.39, 0.29) is 0 Å². The van der Waals surface area contributed by atoms with Crippen molar-refractivity contribution in [3.8, 4) is 0 Å². The molecule has 0 aliphatic heterocycles. The molecule has 0 aliphatic rings. The Morgan fingerprint density at radius 1 is 1.17 bits per heavy atom. The van der Waals surface area contributed by atoms with Crippen molar-refractivity contribution in [1.82, 2.24) is 30.2 Å². The molecular formula is C20H20N8O. The van der Waals surface area contributed by atoms with E-state index in [0.717, 1.165) is 16.5 Å². The average Bonchev–Trinajstić information content (AvgIpc) is 3.15. The molecular weight excluding hydrogens is 368 g/mol. The maximum absolute atomic E-state index is 10.9. The van der Waals surface area contributed by atoms with Crippen LogP contribution >= 0.6 is 0 Å². The zero-order chi connectivity index (χ0) is 20.6. The average molecular weight is 388 g/mol. The van der Waals surface area contributed by atoms with E-state index in [1.165, 1.54) is 0 Å². The second-order valence-electron chi connectivity index (χ2n) is 7.22. The molecule has 3 heterocycles. The van der Waals surface area contributed by atoms with Crippen molar-refractivity contribution >= 4 is 28.3 Å². The standard InChI is InChI=1S/C20H20N8O/c1-12(23-26-19(21)29)15-8-9-17-24-25-18(28(17)27-15)20(2,3)14-6-7-16-13(11-14)5-4-10-22-16/h4-11H,1-3H3,(H3,21,26,29)/b23-12-. The van der Waals surface area contributed by atoms with Crippen LogP contribution in [0.1, 0.15) is 37.9 Å². The first-order valence-electron chi connectivity index (χ1n) is 9.04. The molecule has 3 aromatic heterocycles. The van der Waals surface area contributed by atoms with Gasteiger partial charge in [-0.25, -0.2) is 10.2 Å². The van der Waals surface area contributed by atoms with Crippen molar-refractivity contribution < 1.29 is 4.79 Å². The summed E-state index contributed by atoms with van der Waals surface area (Å²) in [6.07, 6.45) is 1.78. The molecule has 0 saturated carbocycles. The maximum Gasteiger partial charge on any atom is 0.332 e. The monoisotopic (exact) mass is 388 g/mol. The normalized spacial score (nSPS) is 12.4. The Hall–Kier alpha value is -3.88. The summed E-state index contributed by atoms with van der Waals surface area (Å²) < 4.78 is 1.70. The Labute approximate surface area is 166 Å². The van der Waals surface area contributed by atoms with Gasteiger partial charge >= 0.3 is 6.03 Å². The molecule has 3 N–H and O–H groups in total. The van der Waals surface area contributed by atoms with Gasteiger partial charge in [-0.3, -0.25) is 4.98 Å². The van der Waals surface area contributed by atoms with Crippen molar-refractivity contribution in [3.63, 3.8) is 0 Å². The molecule has 0 fully saturated rings. The first kappa shape index (κ1) is 18.5. The fourth-order valence-corrected chi connectivity index (χ4v) is 3.16. The number of rotatable bonds is 4. The summed E-state index contributed by atoms with van der Waals surface area (Å²) >= 11 is 0. The number of amides is 2. The number of carbonyl (C=O) groups excluding carboxylic acids is 1. The molecule has 0 saturated heterocycles. The minimum Gasteiger partial charge on any atom is -0.350 e. The highest BCUT2D eigenvalue weighted by atomic mass is 16.2. The highest BCUT2D eigenvalue weighted by molar-refractivity contribution is 5.97. The van der Waals surface area contributed by atoms with Crippen LogP contribution in [0.2, 0.25) is 0 Å². The number of benzene rings is 1. The van der Waals surface area contributed by atoms with Gasteiger partial charge in [0.1, 0.15) is 5.69 Å². The van der Waals surface area contributed by atoms with Gasteiger partial charge in [-0.1, -0.05) is 12.1 Å². The van der Waals surface area contributed by atoms with E-state index >= 15 is 0 Å². The molecule has 1 aromatic carbocycles. The molecule has 0 aliphatic carbocycles. The van der Waals surface area contributed by atoms with Crippen LogP contribution in [-0.4, -0.2) is 36.5 Å². The number of primary amides is 1. The van der Waals surface area contributed by atoms with Crippen LogP contribution in [0.15, 0.2) is 53.8 Å². The lowest BCUT2D eigenvalue weighted by atomic mass is 9.83. The second kappa shape index (κ2) is 6.93. The van der Waals surface area contributed by atoms with Crippen molar-refractivity contribution in [1.29, 1.82) is 0 Å². The third-order valence-corrected chi connectivity index (χ3v) is 4.85. The summed E-state index contributed by atoms with van der Waals surface area (Å²) in [5.41, 5.74) is 10.5. The predicted molar refractivity (Wildman–Crippen MR) is 110 cm³/mol. The Morgan fingerprint density at radius 2 is 2.00 bits per heavy atom. The van der Waals surface area contributed by atoms with Gasteiger partial charge in [0.15, 0.2) is 11.5 Å². The topological polar surface area (TPSA) is 123 Å². The second-order valence-corrected chi connectivity index (χ2v) is 7.22. The molecule has 2 amide bonds. The van der Waals surface area contributed by atoms with Gasteiger partial charge in [0.25, 0.3) is 0 Å². The Morgan fingerprint density at radius 3 is 2.79 bits per heavy atom. The van der Waals surface area contributed by atoms with Crippen LogP contribution in [0.25, 0.3) is 16.6 Å². The maximum atomic E-state index is 10.9. The first-order chi connectivity index (χ1) is 13.9. The molecule has 9 nitrogen and oxygen atoms in total. The Kier molecular flexibility index (Phi) is 4.42. The van der Waals surface area contributed by atoms with Gasteiger partial charge in [-0.05, 0) is 56.7 Å². The molecule has 29 heavy (non-hydrogen) atoms. The van der Waals surface area contributed by atoms with Crippen molar-refractivity contribution in [2.24, 2.45) is 10.8 Å². The lowest BCUT2D eigenvalue weighted by Gasteiger charge is -2.23. The summed E-state index contributed by atoms with van der Waals surface area (Å²) in [7, 11) is 0. The van der Waals surface area contributed by atoms with Gasteiger partial charge in [-0.2, -0.15) is 14.7 Å². The van der Waals surface area contributed by atoms with E-state index in [1.54, 1.807) is 23.7 Å². The lowest BCUT2D eigenvalue weighted by Crippen LogP contribution is -2.26. The quantitative estimate of drug-likeness (QED) is 0.410. The third-order valence-electron chi connectivity index (χ3n) is 4.85. The van der Waals surface area contributed by atoms with Crippen molar-refractivity contribution in [2.45, 2.75) is 26.2 Å². The molecule has 0 atom stereocenters. The number of carbonyl (C=O) groups is 1. The largest absolute Gasteiger partial charge is 0.350 e. The number of nitrogens with one attached hydrogen (secondary N) is 1. The summed E-state index contributed by atoms with van der Waals surface area (Å²) in [6.45, 7) is 5.88. The lowest BCUT2D eigenvalue weighted by molar-refractivity contribution is 0.249. The molecule has 146 valence electrons. The van der Waals surface area contributed by atoms with Gasteiger partial charge in [0.05, 0.1) is 16.6 Å². The number of nitrogens with zero attached hydrogens (tertiary/aromatic N) is 6. The van der Waals surface area contributed by atoms with Crippen LogP contribution in [-0.2, 0) is 5.41 Å². The number of fused-ring (bicyclic) bond motifs is 2. The number of hydrazone groups is 1. The Balaban J connectivity index is 1.80. The summed E-state index contributed by atoms with van der Waals surface area (Å²) in [4.78, 5) is 15.3. The van der Waals surface area contributed by atoms with E-state index in [0.29, 0.717) is 22.9 Å². The van der Waals surface area contributed by atoms with E-state index in [2.05, 4.69) is 50.7 Å². The number of pyridine rings is 1.